The summed E-state index contributed by atoms with van der Waals surface area (Å²) in [6.45, 7) is 19.1. The minimum absolute atomic E-state index is 0. The van der Waals surface area contributed by atoms with E-state index in [0.29, 0.717) is 0 Å². The zero-order valence-corrected chi connectivity index (χ0v) is 24.9. The second-order valence-corrected chi connectivity index (χ2v) is 75.7. The van der Waals surface area contributed by atoms with Gasteiger partial charge in [-0.25, -0.2) is 0 Å². The number of H-pyrrole nitrogens is 1. The summed E-state index contributed by atoms with van der Waals surface area (Å²) in [7, 11) is -5.75. The fraction of sp³-hybridized carbons (Fsp3) is 0.652. The van der Waals surface area contributed by atoms with E-state index in [2.05, 4.69) is 117 Å². The number of aromatic amines is 1. The van der Waals surface area contributed by atoms with Gasteiger partial charge in [0.1, 0.15) is 0 Å². The van der Waals surface area contributed by atoms with Crippen LogP contribution in [0.4, 0.5) is 0 Å². The Hall–Kier alpha value is 0.271. The molecule has 1 aromatic heterocycles. The first-order valence-corrected chi connectivity index (χ1v) is 25.6. The van der Waals surface area contributed by atoms with Gasteiger partial charge >= 0.3 is 155 Å². The van der Waals surface area contributed by atoms with Gasteiger partial charge in [0.2, 0.25) is 0 Å². The molecule has 0 amide bonds. The van der Waals surface area contributed by atoms with Crippen LogP contribution in [0.2, 0.25) is 41.4 Å². The van der Waals surface area contributed by atoms with Crippen molar-refractivity contribution in [3.05, 3.63) is 40.4 Å². The van der Waals surface area contributed by atoms with Gasteiger partial charge in [-0.15, -0.1) is 24.8 Å². The average molecular weight is 486 g/mol. The summed E-state index contributed by atoms with van der Waals surface area (Å²) in [5, 5.41) is 11.3. The Bertz CT molecular complexity index is 919. The van der Waals surface area contributed by atoms with Gasteiger partial charge in [-0.1, -0.05) is 0 Å². The molecular formula is C23H48Cl2NSiTi. The molecule has 0 unspecified atom stereocenters. The third kappa shape index (κ3) is 1.38. The van der Waals surface area contributed by atoms with Gasteiger partial charge in [-0.2, -0.15) is 0 Å². The molecular weight excluding hydrogens is 437 g/mol. The minimum atomic E-state index is -5.75. The van der Waals surface area contributed by atoms with E-state index in [1.807, 2.05) is 0 Å². The second kappa shape index (κ2) is 4.42. The van der Waals surface area contributed by atoms with Crippen LogP contribution < -0.4 is 4.00 Å². The van der Waals surface area contributed by atoms with Crippen molar-refractivity contribution in [2.24, 2.45) is 0 Å². The predicted molar refractivity (Wildman–Crippen MR) is 139 cm³/mol. The van der Waals surface area contributed by atoms with E-state index in [-0.39, 0.29) is 32.3 Å². The van der Waals surface area contributed by atoms with Crippen LogP contribution in [0, 0.1) is 0 Å². The molecule has 1 aliphatic carbocycles. The van der Waals surface area contributed by atoms with E-state index in [4.69, 9.17) is 0 Å². The van der Waals surface area contributed by atoms with Gasteiger partial charge in [0.15, 0.2) is 0 Å². The molecule has 1 nitrogen and oxygen atoms in total. The maximum atomic E-state index is 3.89. The third-order valence-electron chi connectivity index (χ3n) is 17.5. The Kier molecular flexibility index (Phi) is 4.46. The first-order chi connectivity index (χ1) is 11.0. The van der Waals surface area contributed by atoms with Crippen LogP contribution in [0.25, 0.3) is 0 Å². The third-order valence-corrected chi connectivity index (χ3v) is 108. The molecule has 1 aromatic rings. The summed E-state index contributed by atoms with van der Waals surface area (Å²) < 4.78 is 3.25. The van der Waals surface area contributed by atoms with Crippen molar-refractivity contribution in [3.8, 4) is 0 Å². The van der Waals surface area contributed by atoms with Crippen molar-refractivity contribution in [2.45, 2.75) is 89.4 Å². The SMILES string of the molecule is C[SiH](C)[Ti]([CH3])([CH3])([CH3])([CH3])([C]1=CC=CC1)([c]1ccc[nH]1)([C](C)(C)C)[C](C)(C)C.Cl.Cl. The molecule has 2 rings (SSSR count). The maximum absolute atomic E-state index is 5.75. The molecule has 0 saturated carbocycles. The molecule has 0 atom stereocenters. The molecule has 0 saturated heterocycles. The summed E-state index contributed by atoms with van der Waals surface area (Å²) in [5.41, 5.74) is 0. The molecule has 1 N–H and O–H groups in total. The molecule has 28 heavy (non-hydrogen) atoms. The van der Waals surface area contributed by atoms with E-state index in [0.717, 1.165) is 6.42 Å². The summed E-state index contributed by atoms with van der Waals surface area (Å²) in [5.74, 6) is 0. The van der Waals surface area contributed by atoms with Crippen LogP contribution in [0.5, 0.6) is 0 Å². The van der Waals surface area contributed by atoms with Crippen molar-refractivity contribution in [2.75, 3.05) is 0 Å². The molecule has 0 aromatic carbocycles. The molecule has 0 fully saturated rings. The number of hydrogen-bond acceptors (Lipinski definition) is 0. The fourth-order valence-electron chi connectivity index (χ4n) is 8.33. The zero-order chi connectivity index (χ0) is 20.7. The van der Waals surface area contributed by atoms with Gasteiger partial charge < -0.3 is 0 Å². The zero-order valence-electron chi connectivity index (χ0n) is 20.6. The molecule has 0 radical (unpaired) electrons. The normalized spacial score (nSPS) is 22.9. The van der Waals surface area contributed by atoms with Crippen LogP contribution >= 0.6 is 24.8 Å². The van der Waals surface area contributed by atoms with Crippen molar-refractivity contribution in [1.29, 1.82) is 0 Å². The first-order valence-electron chi connectivity index (χ1n) is 10.7. The van der Waals surface area contributed by atoms with E-state index in [9.17, 15) is 0 Å². The van der Waals surface area contributed by atoms with Crippen molar-refractivity contribution in [1.82, 2.24) is 4.98 Å². The first kappa shape index (κ1) is 28.3. The predicted octanol–water partition coefficient (Wildman–Crippen LogP) is 8.77. The topological polar surface area (TPSA) is 15.8 Å². The van der Waals surface area contributed by atoms with E-state index in [1.165, 1.54) is 4.00 Å². The monoisotopic (exact) mass is 484 g/mol. The Morgan fingerprint density at radius 2 is 1.36 bits per heavy atom. The van der Waals surface area contributed by atoms with Crippen LogP contribution in [0.3, 0.4) is 0 Å². The number of halogens is 2. The number of allylic oxidation sites excluding steroid dienone is 4. The maximum Gasteiger partial charge on any atom is -0.147 e. The Balaban J connectivity index is 0.00000364. The van der Waals surface area contributed by atoms with Crippen LogP contribution in [0.15, 0.2) is 40.4 Å². The Morgan fingerprint density at radius 3 is 1.61 bits per heavy atom. The molecule has 0 spiro atoms. The van der Waals surface area contributed by atoms with E-state index < -0.39 is 16.1 Å². The van der Waals surface area contributed by atoms with E-state index in [1.54, 1.807) is 3.88 Å². The number of nitrogens with one attached hydrogen (secondary N) is 1. The molecule has 0 bridgehead atoms. The van der Waals surface area contributed by atoms with Gasteiger partial charge in [0.05, 0.1) is 0 Å². The largest absolute Gasteiger partial charge is 0.147 e. The van der Waals surface area contributed by atoms with Crippen molar-refractivity contribution >= 4 is 35.5 Å². The summed E-state index contributed by atoms with van der Waals surface area (Å²) in [6, 6.07) is 4.66. The van der Waals surface area contributed by atoms with Crippen LogP contribution in [0.1, 0.15) is 48.0 Å². The van der Waals surface area contributed by atoms with Crippen molar-refractivity contribution < 1.29 is 9.43 Å². The molecule has 5 heteroatoms. The van der Waals surface area contributed by atoms with Gasteiger partial charge in [0.25, 0.3) is 0 Å². The summed E-state index contributed by atoms with van der Waals surface area (Å²) in [6.07, 6.45) is 10.4. The number of aromatic nitrogens is 1. The van der Waals surface area contributed by atoms with Crippen LogP contribution in [-0.2, 0) is 9.43 Å². The molecule has 167 valence electrons. The fourth-order valence-corrected chi connectivity index (χ4v) is 54.1. The standard InChI is InChI=1S/C5H5.C4H4N.2C4H9.C2H7Si.4CH3.2ClH.Ti/c2*1-2-4-5-3-1;2*1-4(2)3;1-3-2;;;;;;;/h1-3H,4H2;1-3,5H;2*1-3H3;3H,1-2H3;4*1H3;2*1H;. The summed E-state index contributed by atoms with van der Waals surface area (Å²) in [4.78, 5) is 3.89. The smallest absolute Gasteiger partial charge is 0.147 e. The molecule has 0 aliphatic heterocycles. The Morgan fingerprint density at radius 1 is 0.893 bits per heavy atom. The van der Waals surface area contributed by atoms with Gasteiger partial charge in [0, 0.05) is 0 Å². The summed E-state index contributed by atoms with van der Waals surface area (Å²) >= 11 is 0. The van der Waals surface area contributed by atoms with E-state index >= 15 is 0 Å². The quantitative estimate of drug-likeness (QED) is 0.412. The van der Waals surface area contributed by atoms with Gasteiger partial charge in [-0.05, 0) is 0 Å². The second-order valence-electron chi connectivity index (χ2n) is 17.5. The van der Waals surface area contributed by atoms with Crippen LogP contribution in [-0.4, -0.2) is 11.6 Å². The molecule has 1 aliphatic rings. The Labute approximate surface area is 178 Å². The van der Waals surface area contributed by atoms with Crippen molar-refractivity contribution in [3.63, 3.8) is 0 Å². The minimum Gasteiger partial charge on any atom is -0.147 e. The average Bonchev–Trinajstić information content (AvgIpc) is 3.12. The number of rotatable bonds is 3. The number of hydrogen-bond donors (Lipinski definition) is 1. The van der Waals surface area contributed by atoms with Gasteiger partial charge in [-0.3, -0.25) is 0 Å². The molecule has 1 heterocycles.